The van der Waals surface area contributed by atoms with Crippen LogP contribution in [0.1, 0.15) is 31.2 Å². The van der Waals surface area contributed by atoms with Crippen molar-refractivity contribution in [1.82, 2.24) is 5.01 Å². The second-order valence-electron chi connectivity index (χ2n) is 4.56. The highest BCUT2D eigenvalue weighted by Gasteiger charge is 2.09. The average molecular weight is 374 g/mol. The van der Waals surface area contributed by atoms with Crippen molar-refractivity contribution in [2.45, 2.75) is 25.7 Å². The molecule has 0 N–H and O–H groups in total. The molecule has 1 aromatic rings. The van der Waals surface area contributed by atoms with Crippen molar-refractivity contribution in [1.29, 1.82) is 0 Å². The molecule has 0 aromatic heterocycles. The highest BCUT2D eigenvalue weighted by atomic mass is 79.9. The van der Waals surface area contributed by atoms with E-state index in [2.05, 4.69) is 61.1 Å². The molecule has 2 rings (SSSR count). The van der Waals surface area contributed by atoms with Crippen LogP contribution in [0.4, 0.5) is 0 Å². The third-order valence-electron chi connectivity index (χ3n) is 3.15. The lowest BCUT2D eigenvalue weighted by Crippen LogP contribution is -2.21. The monoisotopic (exact) mass is 372 g/mol. The summed E-state index contributed by atoms with van der Waals surface area (Å²) in [5.41, 5.74) is 2.31. The first-order valence-electron chi connectivity index (χ1n) is 6.44. The Morgan fingerprint density at radius 3 is 2.22 bits per heavy atom. The number of alkyl halides is 1. The van der Waals surface area contributed by atoms with Crippen LogP contribution in [0.5, 0.6) is 0 Å². The second-order valence-corrected chi connectivity index (χ2v) is 6.03. The Morgan fingerprint density at radius 1 is 1.06 bits per heavy atom. The normalized spacial score (nSPS) is 17.7. The zero-order chi connectivity index (χ0) is 12.8. The number of halogens is 2. The summed E-state index contributed by atoms with van der Waals surface area (Å²) < 4.78 is 1.11. The maximum atomic E-state index is 4.80. The van der Waals surface area contributed by atoms with Crippen LogP contribution in [-0.4, -0.2) is 29.1 Å². The first kappa shape index (κ1) is 14.1. The molecule has 0 amide bonds. The minimum Gasteiger partial charge on any atom is -0.297 e. The fourth-order valence-electron chi connectivity index (χ4n) is 2.13. The van der Waals surface area contributed by atoms with Gasteiger partial charge >= 0.3 is 0 Å². The molecule has 1 aliphatic rings. The number of benzene rings is 1. The molecule has 0 atom stereocenters. The van der Waals surface area contributed by atoms with E-state index < -0.39 is 0 Å². The van der Waals surface area contributed by atoms with E-state index in [1.165, 1.54) is 31.2 Å². The Hall–Kier alpha value is -0.350. The average Bonchev–Trinajstić information content (AvgIpc) is 2.66. The van der Waals surface area contributed by atoms with Gasteiger partial charge in [0.2, 0.25) is 0 Å². The van der Waals surface area contributed by atoms with Gasteiger partial charge in [-0.15, -0.1) is 0 Å². The van der Waals surface area contributed by atoms with Gasteiger partial charge in [0.25, 0.3) is 0 Å². The van der Waals surface area contributed by atoms with Crippen molar-refractivity contribution in [2.75, 3.05) is 18.4 Å². The van der Waals surface area contributed by atoms with Gasteiger partial charge in [0, 0.05) is 22.9 Å². The molecule has 1 heterocycles. The highest BCUT2D eigenvalue weighted by Crippen LogP contribution is 2.15. The van der Waals surface area contributed by atoms with Crippen LogP contribution in [0.3, 0.4) is 0 Å². The van der Waals surface area contributed by atoms with Gasteiger partial charge in [-0.1, -0.05) is 56.8 Å². The largest absolute Gasteiger partial charge is 0.297 e. The molecular weight excluding hydrogens is 356 g/mol. The third kappa shape index (κ3) is 4.09. The molecule has 18 heavy (non-hydrogen) atoms. The van der Waals surface area contributed by atoms with E-state index in [1.807, 2.05) is 0 Å². The van der Waals surface area contributed by atoms with E-state index >= 15 is 0 Å². The van der Waals surface area contributed by atoms with Gasteiger partial charge in [-0.2, -0.15) is 5.10 Å². The minimum atomic E-state index is 0.797. The first-order valence-corrected chi connectivity index (χ1v) is 8.35. The van der Waals surface area contributed by atoms with Crippen LogP contribution < -0.4 is 0 Å². The van der Waals surface area contributed by atoms with E-state index in [-0.39, 0.29) is 0 Å². The molecule has 1 aromatic carbocycles. The van der Waals surface area contributed by atoms with Crippen molar-refractivity contribution < 1.29 is 0 Å². The van der Waals surface area contributed by atoms with Gasteiger partial charge < -0.3 is 0 Å². The molecule has 0 radical (unpaired) electrons. The van der Waals surface area contributed by atoms with Crippen molar-refractivity contribution in [3.8, 4) is 0 Å². The van der Waals surface area contributed by atoms with E-state index in [9.17, 15) is 0 Å². The molecule has 1 fully saturated rings. The minimum absolute atomic E-state index is 0.797. The van der Waals surface area contributed by atoms with Crippen LogP contribution in [0.25, 0.3) is 0 Å². The topological polar surface area (TPSA) is 15.6 Å². The molecule has 0 unspecified atom stereocenters. The molecule has 98 valence electrons. The molecular formula is C14H18Br2N2. The van der Waals surface area contributed by atoms with E-state index in [4.69, 9.17) is 5.10 Å². The fraction of sp³-hybridized carbons (Fsp3) is 0.500. The van der Waals surface area contributed by atoms with Crippen LogP contribution in [-0.2, 0) is 0 Å². The predicted octanol–water partition coefficient (Wildman–Crippen LogP) is 4.42. The third-order valence-corrected chi connectivity index (χ3v) is 4.21. The lowest BCUT2D eigenvalue weighted by molar-refractivity contribution is 0.301. The molecule has 1 saturated heterocycles. The van der Waals surface area contributed by atoms with Gasteiger partial charge in [-0.3, -0.25) is 5.01 Å². The zero-order valence-electron chi connectivity index (χ0n) is 10.4. The summed E-state index contributed by atoms with van der Waals surface area (Å²) in [6.45, 7) is 2.18. The summed E-state index contributed by atoms with van der Waals surface area (Å²) in [4.78, 5) is 0. The molecule has 2 nitrogen and oxygen atoms in total. The summed E-state index contributed by atoms with van der Waals surface area (Å²) in [6.07, 6.45) is 5.21. The SMILES string of the molecule is BrC/C(=N/N1CCCCCC1)c1ccc(Br)cc1. The number of rotatable bonds is 3. The van der Waals surface area contributed by atoms with Gasteiger partial charge in [-0.05, 0) is 30.5 Å². The predicted molar refractivity (Wildman–Crippen MR) is 84.5 cm³/mol. The van der Waals surface area contributed by atoms with Crippen molar-refractivity contribution in [3.63, 3.8) is 0 Å². The summed E-state index contributed by atoms with van der Waals surface area (Å²) >= 11 is 7.01. The Morgan fingerprint density at radius 2 is 1.67 bits per heavy atom. The molecule has 0 spiro atoms. The van der Waals surface area contributed by atoms with Crippen molar-refractivity contribution in [2.24, 2.45) is 5.10 Å². The quantitative estimate of drug-likeness (QED) is 0.565. The maximum absolute atomic E-state index is 4.80. The molecule has 0 bridgehead atoms. The Bertz CT molecular complexity index is 393. The van der Waals surface area contributed by atoms with Gasteiger partial charge in [0.05, 0.1) is 5.71 Å². The Labute approximate surface area is 126 Å². The van der Waals surface area contributed by atoms with Crippen LogP contribution >= 0.6 is 31.9 Å². The van der Waals surface area contributed by atoms with Crippen molar-refractivity contribution in [3.05, 3.63) is 34.3 Å². The summed E-state index contributed by atoms with van der Waals surface area (Å²) in [5.74, 6) is 0. The van der Waals surface area contributed by atoms with Crippen LogP contribution in [0.2, 0.25) is 0 Å². The van der Waals surface area contributed by atoms with Gasteiger partial charge in [0.15, 0.2) is 0 Å². The first-order chi connectivity index (χ1) is 8.79. The summed E-state index contributed by atoms with van der Waals surface area (Å²) in [6, 6.07) is 8.36. The van der Waals surface area contributed by atoms with E-state index in [0.717, 1.165) is 28.6 Å². The molecule has 0 aliphatic carbocycles. The highest BCUT2D eigenvalue weighted by molar-refractivity contribution is 9.10. The lowest BCUT2D eigenvalue weighted by atomic mass is 10.1. The number of nitrogens with zero attached hydrogens (tertiary/aromatic N) is 2. The van der Waals surface area contributed by atoms with E-state index in [0.29, 0.717) is 0 Å². The zero-order valence-corrected chi connectivity index (χ0v) is 13.6. The standard InChI is InChI=1S/C14H18Br2N2/c15-11-14(12-5-7-13(16)8-6-12)17-18-9-3-1-2-4-10-18/h5-8H,1-4,9-11H2/b17-14-. The molecule has 4 heteroatoms. The summed E-state index contributed by atoms with van der Waals surface area (Å²) in [7, 11) is 0. The van der Waals surface area contributed by atoms with Crippen molar-refractivity contribution >= 4 is 37.6 Å². The van der Waals surface area contributed by atoms with Crippen LogP contribution in [0.15, 0.2) is 33.8 Å². The fourth-order valence-corrected chi connectivity index (χ4v) is 2.83. The number of hydrogen-bond acceptors (Lipinski definition) is 2. The Balaban J connectivity index is 2.13. The number of hydrogen-bond donors (Lipinski definition) is 0. The smallest absolute Gasteiger partial charge is 0.0782 e. The number of hydrazone groups is 1. The molecule has 0 saturated carbocycles. The maximum Gasteiger partial charge on any atom is 0.0782 e. The second kappa shape index (κ2) is 7.29. The molecule has 1 aliphatic heterocycles. The summed E-state index contributed by atoms with van der Waals surface area (Å²) in [5, 5.41) is 7.83. The Kier molecular flexibility index (Phi) is 5.70. The lowest BCUT2D eigenvalue weighted by Gasteiger charge is -2.18. The van der Waals surface area contributed by atoms with E-state index in [1.54, 1.807) is 0 Å². The van der Waals surface area contributed by atoms with Gasteiger partial charge in [0.1, 0.15) is 0 Å². The van der Waals surface area contributed by atoms with Crippen LogP contribution in [0, 0.1) is 0 Å². The van der Waals surface area contributed by atoms with Gasteiger partial charge in [-0.25, -0.2) is 0 Å².